The van der Waals surface area contributed by atoms with Crippen LogP contribution in [0, 0.1) is 6.92 Å². The van der Waals surface area contributed by atoms with E-state index in [0.29, 0.717) is 0 Å². The van der Waals surface area contributed by atoms with Crippen molar-refractivity contribution in [3.8, 4) is 11.4 Å². The highest BCUT2D eigenvalue weighted by molar-refractivity contribution is 6.05. The Morgan fingerprint density at radius 1 is 0.857 bits per heavy atom. The van der Waals surface area contributed by atoms with Gasteiger partial charge in [-0.15, -0.1) is 0 Å². The molecule has 5 rings (SSSR count). The summed E-state index contributed by atoms with van der Waals surface area (Å²) in [5, 5.41) is 2.45. The number of hydrogen-bond acceptors (Lipinski definition) is 3. The average molecular weight is 371 g/mol. The third-order valence-corrected chi connectivity index (χ3v) is 6.08. The number of aromatic nitrogens is 2. The number of hydrogen-bond donors (Lipinski definition) is 0. The van der Waals surface area contributed by atoms with Gasteiger partial charge < -0.3 is 14.4 Å². The summed E-state index contributed by atoms with van der Waals surface area (Å²) in [4.78, 5) is 9.94. The second-order valence-electron chi connectivity index (χ2n) is 7.94. The van der Waals surface area contributed by atoms with Gasteiger partial charge in [-0.3, -0.25) is 0 Å². The molecule has 4 heteroatoms. The van der Waals surface area contributed by atoms with E-state index in [1.807, 2.05) is 0 Å². The van der Waals surface area contributed by atoms with E-state index in [0.717, 1.165) is 37.5 Å². The number of piperazine rings is 1. The first-order chi connectivity index (χ1) is 13.6. The van der Waals surface area contributed by atoms with Crippen molar-refractivity contribution < 1.29 is 0 Å². The maximum absolute atomic E-state index is 5.05. The van der Waals surface area contributed by atoms with E-state index in [4.69, 9.17) is 4.98 Å². The molecular weight excluding hydrogens is 344 g/mol. The van der Waals surface area contributed by atoms with E-state index in [1.54, 1.807) is 0 Å². The Morgan fingerprint density at radius 3 is 2.43 bits per heavy atom. The summed E-state index contributed by atoms with van der Waals surface area (Å²) in [6.45, 7) is 6.65. The van der Waals surface area contributed by atoms with Crippen LogP contribution < -0.4 is 4.90 Å². The van der Waals surface area contributed by atoms with Crippen LogP contribution in [0.5, 0.6) is 0 Å². The third kappa shape index (κ3) is 2.76. The van der Waals surface area contributed by atoms with Crippen molar-refractivity contribution in [3.05, 3.63) is 60.2 Å². The molecule has 1 aliphatic heterocycles. The summed E-state index contributed by atoms with van der Waals surface area (Å²) in [5.74, 6) is 1.03. The first kappa shape index (κ1) is 17.3. The number of nitrogens with zero attached hydrogens (tertiary/aromatic N) is 4. The van der Waals surface area contributed by atoms with Gasteiger partial charge in [-0.05, 0) is 49.2 Å². The molecule has 1 saturated heterocycles. The number of anilines is 1. The molecule has 4 nitrogen and oxygen atoms in total. The van der Waals surface area contributed by atoms with Gasteiger partial charge in [0.25, 0.3) is 0 Å². The van der Waals surface area contributed by atoms with Gasteiger partial charge in [0, 0.05) is 49.9 Å². The van der Waals surface area contributed by atoms with Gasteiger partial charge >= 0.3 is 0 Å². The molecule has 3 aromatic carbocycles. The first-order valence-electron chi connectivity index (χ1n) is 10.0. The monoisotopic (exact) mass is 370 g/mol. The largest absolute Gasteiger partial charge is 0.369 e. The Balaban J connectivity index is 1.57. The Morgan fingerprint density at radius 2 is 1.64 bits per heavy atom. The van der Waals surface area contributed by atoms with E-state index in [2.05, 4.69) is 90.0 Å². The molecule has 0 atom stereocenters. The van der Waals surface area contributed by atoms with Gasteiger partial charge in [0.05, 0.1) is 11.0 Å². The molecule has 4 aromatic rings. The van der Waals surface area contributed by atoms with Crippen LogP contribution in [0.4, 0.5) is 5.69 Å². The quantitative estimate of drug-likeness (QED) is 0.521. The van der Waals surface area contributed by atoms with Gasteiger partial charge in [0.2, 0.25) is 0 Å². The van der Waals surface area contributed by atoms with E-state index >= 15 is 0 Å². The minimum Gasteiger partial charge on any atom is -0.369 e. The predicted octanol–water partition coefficient (Wildman–Crippen LogP) is 4.45. The van der Waals surface area contributed by atoms with Gasteiger partial charge in [-0.25, -0.2) is 4.98 Å². The van der Waals surface area contributed by atoms with Crippen LogP contribution in [-0.2, 0) is 7.05 Å². The van der Waals surface area contributed by atoms with Crippen molar-refractivity contribution in [2.45, 2.75) is 6.92 Å². The number of benzene rings is 3. The minimum atomic E-state index is 1.03. The molecule has 0 N–H and O–H groups in total. The molecule has 1 fully saturated rings. The third-order valence-electron chi connectivity index (χ3n) is 6.08. The fourth-order valence-electron chi connectivity index (χ4n) is 4.38. The molecule has 0 unspecified atom stereocenters. The minimum absolute atomic E-state index is 1.03. The standard InChI is InChI=1S/C24H26N4/c1-17-16-19(9-10-21(17)28-14-12-26(2)13-15-28)24-25-23-20-7-5-4-6-18(20)8-11-22(23)27(24)3/h4-11,16H,12-15H2,1-3H3. The first-order valence-corrected chi connectivity index (χ1v) is 10.0. The molecule has 0 saturated carbocycles. The van der Waals surface area contributed by atoms with Gasteiger partial charge in [0.1, 0.15) is 5.82 Å². The summed E-state index contributed by atoms with van der Waals surface area (Å²) in [7, 11) is 4.31. The summed E-state index contributed by atoms with van der Waals surface area (Å²) in [5.41, 5.74) is 6.10. The molecule has 142 valence electrons. The van der Waals surface area contributed by atoms with Crippen molar-refractivity contribution >= 4 is 27.5 Å². The van der Waals surface area contributed by atoms with E-state index in [1.165, 1.54) is 33.1 Å². The topological polar surface area (TPSA) is 24.3 Å². The SMILES string of the molecule is Cc1cc(-c2nc3c4ccccc4ccc3n2C)ccc1N1CCN(C)CC1. The van der Waals surface area contributed by atoms with Crippen LogP contribution in [0.2, 0.25) is 0 Å². The molecule has 0 spiro atoms. The van der Waals surface area contributed by atoms with Gasteiger partial charge in [-0.2, -0.15) is 0 Å². The smallest absolute Gasteiger partial charge is 0.140 e. The fraction of sp³-hybridized carbons (Fsp3) is 0.292. The lowest BCUT2D eigenvalue weighted by atomic mass is 10.1. The highest BCUT2D eigenvalue weighted by atomic mass is 15.2. The lowest BCUT2D eigenvalue weighted by Gasteiger charge is -2.35. The van der Waals surface area contributed by atoms with E-state index < -0.39 is 0 Å². The number of aryl methyl sites for hydroxylation is 2. The molecule has 1 aromatic heterocycles. The van der Waals surface area contributed by atoms with Crippen LogP contribution >= 0.6 is 0 Å². The number of rotatable bonds is 2. The Bertz CT molecular complexity index is 1170. The zero-order valence-corrected chi connectivity index (χ0v) is 16.8. The molecule has 2 heterocycles. The summed E-state index contributed by atoms with van der Waals surface area (Å²) in [6, 6.07) is 19.6. The van der Waals surface area contributed by atoms with Crippen LogP contribution in [0.1, 0.15) is 5.56 Å². The second-order valence-corrected chi connectivity index (χ2v) is 7.94. The van der Waals surface area contributed by atoms with Crippen molar-refractivity contribution in [2.75, 3.05) is 38.1 Å². The van der Waals surface area contributed by atoms with Crippen molar-refractivity contribution in [1.29, 1.82) is 0 Å². The summed E-state index contributed by atoms with van der Waals surface area (Å²) < 4.78 is 2.21. The zero-order valence-electron chi connectivity index (χ0n) is 16.8. The highest BCUT2D eigenvalue weighted by Gasteiger charge is 2.18. The van der Waals surface area contributed by atoms with Gasteiger partial charge in [0.15, 0.2) is 0 Å². The normalized spacial score (nSPS) is 15.6. The lowest BCUT2D eigenvalue weighted by molar-refractivity contribution is 0.312. The molecule has 0 aliphatic carbocycles. The highest BCUT2D eigenvalue weighted by Crippen LogP contribution is 2.31. The maximum Gasteiger partial charge on any atom is 0.140 e. The van der Waals surface area contributed by atoms with Crippen LogP contribution in [0.3, 0.4) is 0 Å². The molecule has 28 heavy (non-hydrogen) atoms. The number of fused-ring (bicyclic) bond motifs is 3. The van der Waals surface area contributed by atoms with E-state index in [-0.39, 0.29) is 0 Å². The predicted molar refractivity (Wildman–Crippen MR) is 118 cm³/mol. The number of likely N-dealkylation sites (N-methyl/N-ethyl adjacent to an activating group) is 1. The van der Waals surface area contributed by atoms with E-state index in [9.17, 15) is 0 Å². The zero-order chi connectivity index (χ0) is 19.3. The summed E-state index contributed by atoms with van der Waals surface area (Å²) >= 11 is 0. The molecular formula is C24H26N4. The molecule has 0 radical (unpaired) electrons. The van der Waals surface area contributed by atoms with Crippen molar-refractivity contribution in [3.63, 3.8) is 0 Å². The lowest BCUT2D eigenvalue weighted by Crippen LogP contribution is -2.44. The molecule has 1 aliphatic rings. The van der Waals surface area contributed by atoms with Crippen LogP contribution in [-0.4, -0.2) is 47.7 Å². The Labute approximate surface area is 166 Å². The molecule has 0 amide bonds. The fourth-order valence-corrected chi connectivity index (χ4v) is 4.38. The molecule has 0 bridgehead atoms. The van der Waals surface area contributed by atoms with Crippen LogP contribution in [0.25, 0.3) is 33.2 Å². The maximum atomic E-state index is 5.05. The van der Waals surface area contributed by atoms with Gasteiger partial charge in [-0.1, -0.05) is 30.3 Å². The summed E-state index contributed by atoms with van der Waals surface area (Å²) in [6.07, 6.45) is 0. The van der Waals surface area contributed by atoms with Crippen LogP contribution in [0.15, 0.2) is 54.6 Å². The Kier molecular flexibility index (Phi) is 4.09. The average Bonchev–Trinajstić information content (AvgIpc) is 3.06. The second kappa shape index (κ2) is 6.64. The van der Waals surface area contributed by atoms with Crippen molar-refractivity contribution in [1.82, 2.24) is 14.5 Å². The van der Waals surface area contributed by atoms with Crippen molar-refractivity contribution in [2.24, 2.45) is 7.05 Å². The number of imidazole rings is 1. The Hall–Kier alpha value is -2.85.